The molecule has 1 spiro atoms. The van der Waals surface area contributed by atoms with Crippen molar-refractivity contribution in [2.75, 3.05) is 13.1 Å². The Labute approximate surface area is 174 Å². The van der Waals surface area contributed by atoms with Gasteiger partial charge < -0.3 is 10.2 Å². The average Bonchev–Trinajstić information content (AvgIpc) is 3.20. The van der Waals surface area contributed by atoms with Crippen molar-refractivity contribution in [3.8, 4) is 11.1 Å². The van der Waals surface area contributed by atoms with E-state index in [1.165, 1.54) is 29.5 Å². The normalized spacial score (nSPS) is 17.6. The SMILES string of the molecule is O=C1CCC2(CN(C(=O)c3sc4cc(-c5c(F)cccc5F)ccc4c3Cl)C2)N1. The molecule has 1 aromatic heterocycles. The van der Waals surface area contributed by atoms with Crippen molar-refractivity contribution >= 4 is 44.8 Å². The number of nitrogens with one attached hydrogen (secondary N) is 1. The highest BCUT2D eigenvalue weighted by atomic mass is 35.5. The van der Waals surface area contributed by atoms with E-state index in [0.717, 1.165) is 6.42 Å². The number of fused-ring (bicyclic) bond motifs is 1. The van der Waals surface area contributed by atoms with Gasteiger partial charge in [0.25, 0.3) is 5.91 Å². The van der Waals surface area contributed by atoms with Crippen LogP contribution in [0, 0.1) is 11.6 Å². The number of likely N-dealkylation sites (tertiary alicyclic amines) is 1. The summed E-state index contributed by atoms with van der Waals surface area (Å²) in [4.78, 5) is 26.5. The number of nitrogens with zero attached hydrogens (tertiary/aromatic N) is 1. The van der Waals surface area contributed by atoms with E-state index in [1.54, 1.807) is 23.1 Å². The van der Waals surface area contributed by atoms with E-state index >= 15 is 0 Å². The van der Waals surface area contributed by atoms with E-state index in [1.807, 2.05) is 0 Å². The lowest BCUT2D eigenvalue weighted by molar-refractivity contribution is -0.120. The first-order chi connectivity index (χ1) is 13.9. The maximum absolute atomic E-state index is 14.1. The lowest BCUT2D eigenvalue weighted by Crippen LogP contribution is -2.68. The molecule has 8 heteroatoms. The number of thiophene rings is 1. The first-order valence-electron chi connectivity index (χ1n) is 9.14. The molecule has 3 aromatic rings. The Kier molecular flexibility index (Phi) is 4.15. The Bertz CT molecular complexity index is 1170. The van der Waals surface area contributed by atoms with E-state index < -0.39 is 11.6 Å². The number of hydrogen-bond donors (Lipinski definition) is 1. The number of carbonyl (C=O) groups is 2. The molecule has 0 aliphatic carbocycles. The molecule has 0 radical (unpaired) electrons. The number of benzene rings is 2. The van der Waals surface area contributed by atoms with Crippen LogP contribution in [-0.2, 0) is 4.79 Å². The summed E-state index contributed by atoms with van der Waals surface area (Å²) in [6.45, 7) is 0.932. The minimum Gasteiger partial charge on any atom is -0.347 e. The van der Waals surface area contributed by atoms with Gasteiger partial charge in [0.1, 0.15) is 16.5 Å². The lowest BCUT2D eigenvalue weighted by Gasteiger charge is -2.47. The topological polar surface area (TPSA) is 49.4 Å². The maximum Gasteiger partial charge on any atom is 0.265 e. The van der Waals surface area contributed by atoms with Crippen LogP contribution in [0.2, 0.25) is 5.02 Å². The Morgan fingerprint density at radius 3 is 2.55 bits per heavy atom. The van der Waals surface area contributed by atoms with Crippen LogP contribution in [0.4, 0.5) is 8.78 Å². The zero-order valence-corrected chi connectivity index (χ0v) is 16.7. The first kappa shape index (κ1) is 18.5. The number of rotatable bonds is 2. The monoisotopic (exact) mass is 432 g/mol. The zero-order valence-electron chi connectivity index (χ0n) is 15.1. The van der Waals surface area contributed by atoms with Gasteiger partial charge in [-0.25, -0.2) is 8.78 Å². The van der Waals surface area contributed by atoms with Crippen molar-refractivity contribution < 1.29 is 18.4 Å². The first-order valence-corrected chi connectivity index (χ1v) is 10.3. The van der Waals surface area contributed by atoms with Crippen LogP contribution in [-0.4, -0.2) is 35.3 Å². The molecule has 2 fully saturated rings. The van der Waals surface area contributed by atoms with Crippen molar-refractivity contribution in [2.45, 2.75) is 18.4 Å². The lowest BCUT2D eigenvalue weighted by atomic mass is 9.88. The molecule has 29 heavy (non-hydrogen) atoms. The summed E-state index contributed by atoms with van der Waals surface area (Å²) >= 11 is 7.66. The van der Waals surface area contributed by atoms with Gasteiger partial charge in [-0.15, -0.1) is 11.3 Å². The second-order valence-corrected chi connectivity index (χ2v) is 8.97. The molecule has 3 heterocycles. The second kappa shape index (κ2) is 6.50. The molecule has 2 saturated heterocycles. The average molecular weight is 433 g/mol. The molecule has 148 valence electrons. The van der Waals surface area contributed by atoms with Crippen LogP contribution < -0.4 is 5.32 Å². The van der Waals surface area contributed by atoms with Crippen LogP contribution in [0.25, 0.3) is 21.2 Å². The molecular weight excluding hydrogens is 418 g/mol. The van der Waals surface area contributed by atoms with Crippen LogP contribution in [0.15, 0.2) is 36.4 Å². The number of carbonyl (C=O) groups excluding carboxylic acids is 2. The van der Waals surface area contributed by atoms with Crippen LogP contribution in [0.3, 0.4) is 0 Å². The Balaban J connectivity index is 1.46. The molecule has 0 bridgehead atoms. The largest absolute Gasteiger partial charge is 0.347 e. The van der Waals surface area contributed by atoms with Gasteiger partial charge in [-0.05, 0) is 30.2 Å². The summed E-state index contributed by atoms with van der Waals surface area (Å²) in [5.41, 5.74) is -0.0131. The minimum atomic E-state index is -0.646. The molecule has 2 aliphatic rings. The van der Waals surface area contributed by atoms with E-state index in [4.69, 9.17) is 11.6 Å². The minimum absolute atomic E-state index is 0.0184. The van der Waals surface area contributed by atoms with E-state index in [-0.39, 0.29) is 22.9 Å². The summed E-state index contributed by atoms with van der Waals surface area (Å²) in [7, 11) is 0. The predicted molar refractivity (Wildman–Crippen MR) is 108 cm³/mol. The van der Waals surface area contributed by atoms with E-state index in [9.17, 15) is 18.4 Å². The van der Waals surface area contributed by atoms with Crippen molar-refractivity contribution in [3.05, 3.63) is 57.9 Å². The highest BCUT2D eigenvalue weighted by molar-refractivity contribution is 7.21. The van der Waals surface area contributed by atoms with Crippen molar-refractivity contribution in [1.29, 1.82) is 0 Å². The molecular formula is C21H15ClF2N2O2S. The molecule has 4 nitrogen and oxygen atoms in total. The third-order valence-electron chi connectivity index (χ3n) is 5.58. The fourth-order valence-corrected chi connectivity index (χ4v) is 5.63. The summed E-state index contributed by atoms with van der Waals surface area (Å²) < 4.78 is 28.9. The second-order valence-electron chi connectivity index (χ2n) is 7.54. The molecule has 0 saturated carbocycles. The van der Waals surface area contributed by atoms with Gasteiger partial charge in [0.2, 0.25) is 5.91 Å². The summed E-state index contributed by atoms with van der Waals surface area (Å²) in [6, 6.07) is 8.67. The Morgan fingerprint density at radius 2 is 1.90 bits per heavy atom. The van der Waals surface area contributed by atoms with E-state index in [2.05, 4.69) is 5.32 Å². The summed E-state index contributed by atoms with van der Waals surface area (Å²) in [5.74, 6) is -1.47. The molecule has 0 atom stereocenters. The van der Waals surface area contributed by atoms with Crippen LogP contribution >= 0.6 is 22.9 Å². The quantitative estimate of drug-likeness (QED) is 0.643. The Hall–Kier alpha value is -2.51. The summed E-state index contributed by atoms with van der Waals surface area (Å²) in [5, 5.41) is 3.96. The van der Waals surface area contributed by atoms with E-state index in [0.29, 0.717) is 45.1 Å². The van der Waals surface area contributed by atoms with Gasteiger partial charge in [-0.3, -0.25) is 9.59 Å². The van der Waals surface area contributed by atoms with Gasteiger partial charge in [0.05, 0.1) is 16.1 Å². The Morgan fingerprint density at radius 1 is 1.17 bits per heavy atom. The van der Waals surface area contributed by atoms with Crippen LogP contribution in [0.5, 0.6) is 0 Å². The van der Waals surface area contributed by atoms with Crippen molar-refractivity contribution in [3.63, 3.8) is 0 Å². The van der Waals surface area contributed by atoms with Gasteiger partial charge in [-0.2, -0.15) is 0 Å². The standard InChI is InChI=1S/C21H15ClF2N2O2S/c22-18-12-5-4-11(17-13(23)2-1-3-14(17)24)8-15(12)29-19(18)20(28)26-9-21(10-26)7-6-16(27)25-21/h1-5,8H,6-7,9-10H2,(H,25,27). The van der Waals surface area contributed by atoms with Gasteiger partial charge in [0, 0.05) is 29.6 Å². The highest BCUT2D eigenvalue weighted by Crippen LogP contribution is 2.40. The molecule has 2 aliphatic heterocycles. The van der Waals surface area contributed by atoms with Crippen molar-refractivity contribution in [1.82, 2.24) is 10.2 Å². The molecule has 2 aromatic carbocycles. The molecule has 2 amide bonds. The third kappa shape index (κ3) is 2.91. The number of hydrogen-bond acceptors (Lipinski definition) is 3. The summed E-state index contributed by atoms with van der Waals surface area (Å²) in [6.07, 6.45) is 1.22. The van der Waals surface area contributed by atoms with Crippen LogP contribution in [0.1, 0.15) is 22.5 Å². The van der Waals surface area contributed by atoms with Gasteiger partial charge in [-0.1, -0.05) is 29.8 Å². The maximum atomic E-state index is 14.1. The predicted octanol–water partition coefficient (Wildman–Crippen LogP) is 4.60. The fourth-order valence-electron chi connectivity index (χ4n) is 4.11. The molecule has 5 rings (SSSR count). The number of amides is 2. The molecule has 0 unspecified atom stereocenters. The van der Waals surface area contributed by atoms with Crippen molar-refractivity contribution in [2.24, 2.45) is 0 Å². The molecule has 1 N–H and O–H groups in total. The fraction of sp³-hybridized carbons (Fsp3) is 0.238. The number of halogens is 3. The zero-order chi connectivity index (χ0) is 20.3. The van der Waals surface area contributed by atoms with Gasteiger partial charge >= 0.3 is 0 Å². The smallest absolute Gasteiger partial charge is 0.265 e. The van der Waals surface area contributed by atoms with Gasteiger partial charge in [0.15, 0.2) is 0 Å². The highest BCUT2D eigenvalue weighted by Gasteiger charge is 2.49. The third-order valence-corrected chi connectivity index (χ3v) is 7.23.